The zero-order valence-electron chi connectivity index (χ0n) is 13.2. The Bertz CT molecular complexity index is 871. The van der Waals surface area contributed by atoms with Crippen molar-refractivity contribution in [2.75, 3.05) is 11.6 Å². The molecule has 1 aromatic heterocycles. The fraction of sp³-hybridized carbons (Fsp3) is 0.158. The second-order valence-electron chi connectivity index (χ2n) is 5.80. The lowest BCUT2D eigenvalue weighted by Gasteiger charge is -2.23. The second-order valence-corrected chi connectivity index (χ2v) is 6.68. The predicted octanol–water partition coefficient (Wildman–Crippen LogP) is 4.27. The number of hydrogen-bond acceptors (Lipinski definition) is 3. The number of anilines is 1. The number of carbonyl (C=O) groups is 1. The van der Waals surface area contributed by atoms with Gasteiger partial charge >= 0.3 is 0 Å². The largest absolute Gasteiger partial charge is 0.309 e. The Hall–Kier alpha value is -2.53. The zero-order valence-corrected chi connectivity index (χ0v) is 14.1. The number of aromatic nitrogens is 2. The summed E-state index contributed by atoms with van der Waals surface area (Å²) in [6.45, 7) is 0. The first-order valence-corrected chi connectivity index (χ1v) is 9.06. The summed E-state index contributed by atoms with van der Waals surface area (Å²) in [4.78, 5) is 13.3. The number of carbonyl (C=O) groups excluding carboxylic acids is 1. The predicted molar refractivity (Wildman–Crippen MR) is 97.3 cm³/mol. The maximum Gasteiger partial charge on any atom is 0.226 e. The minimum absolute atomic E-state index is 0.00700. The minimum Gasteiger partial charge on any atom is -0.309 e. The molecule has 2 heterocycles. The van der Waals surface area contributed by atoms with Gasteiger partial charge in [-0.1, -0.05) is 42.5 Å². The number of nitrogens with one attached hydrogen (secondary N) is 2. The molecule has 0 saturated heterocycles. The van der Waals surface area contributed by atoms with Gasteiger partial charge in [0.15, 0.2) is 5.82 Å². The van der Waals surface area contributed by atoms with Gasteiger partial charge in [-0.15, -0.1) is 11.8 Å². The van der Waals surface area contributed by atoms with Crippen LogP contribution in [-0.4, -0.2) is 22.4 Å². The molecule has 5 heteroatoms. The molecule has 1 aliphatic rings. The highest BCUT2D eigenvalue weighted by Crippen LogP contribution is 2.41. The first-order chi connectivity index (χ1) is 11.8. The van der Waals surface area contributed by atoms with Crippen molar-refractivity contribution in [2.45, 2.75) is 17.2 Å². The first-order valence-electron chi connectivity index (χ1n) is 7.83. The quantitative estimate of drug-likeness (QED) is 0.703. The molecular weight excluding hydrogens is 318 g/mol. The third kappa shape index (κ3) is 2.61. The number of aromatic amines is 1. The van der Waals surface area contributed by atoms with Crippen molar-refractivity contribution in [3.8, 4) is 11.3 Å². The molecule has 0 spiro atoms. The Morgan fingerprint density at radius 3 is 2.54 bits per heavy atom. The molecule has 0 radical (unpaired) electrons. The van der Waals surface area contributed by atoms with E-state index in [2.05, 4.69) is 58.2 Å². The van der Waals surface area contributed by atoms with Crippen molar-refractivity contribution >= 4 is 23.5 Å². The summed E-state index contributed by atoms with van der Waals surface area (Å²) in [6.07, 6.45) is 2.50. The van der Waals surface area contributed by atoms with E-state index in [9.17, 15) is 4.79 Å². The van der Waals surface area contributed by atoms with E-state index in [1.807, 2.05) is 18.2 Å². The van der Waals surface area contributed by atoms with Crippen LogP contribution in [0.3, 0.4) is 0 Å². The number of rotatable bonds is 3. The SMILES string of the molecule is CSc1ccc(C2CC(=O)Nc3n[nH]c(-c4ccccc4)c32)cc1. The Kier molecular flexibility index (Phi) is 3.86. The van der Waals surface area contributed by atoms with Crippen molar-refractivity contribution < 1.29 is 4.79 Å². The van der Waals surface area contributed by atoms with Gasteiger partial charge in [0.25, 0.3) is 0 Å². The van der Waals surface area contributed by atoms with E-state index in [1.54, 1.807) is 11.8 Å². The Morgan fingerprint density at radius 2 is 1.83 bits per heavy atom. The maximum absolute atomic E-state index is 12.1. The van der Waals surface area contributed by atoms with Gasteiger partial charge in [-0.25, -0.2) is 0 Å². The fourth-order valence-corrected chi connectivity index (χ4v) is 3.61. The first kappa shape index (κ1) is 15.0. The molecule has 3 aromatic rings. The van der Waals surface area contributed by atoms with Gasteiger partial charge < -0.3 is 5.32 Å². The summed E-state index contributed by atoms with van der Waals surface area (Å²) in [7, 11) is 0. The molecule has 1 aliphatic heterocycles. The molecule has 2 N–H and O–H groups in total. The molecule has 0 saturated carbocycles. The van der Waals surface area contributed by atoms with Crippen LogP contribution in [0.1, 0.15) is 23.5 Å². The lowest BCUT2D eigenvalue weighted by atomic mass is 9.84. The number of amides is 1. The van der Waals surface area contributed by atoms with Crippen molar-refractivity contribution in [3.05, 3.63) is 65.7 Å². The highest BCUT2D eigenvalue weighted by Gasteiger charge is 2.31. The number of thioether (sulfide) groups is 1. The molecular formula is C19H17N3OS. The van der Waals surface area contributed by atoms with Crippen LogP contribution in [0.25, 0.3) is 11.3 Å². The molecule has 4 rings (SSSR count). The number of nitrogens with zero attached hydrogens (tertiary/aromatic N) is 1. The van der Waals surface area contributed by atoms with E-state index < -0.39 is 0 Å². The van der Waals surface area contributed by atoms with Crippen LogP contribution in [0, 0.1) is 0 Å². The van der Waals surface area contributed by atoms with Crippen LogP contribution in [-0.2, 0) is 4.79 Å². The van der Waals surface area contributed by atoms with Crippen molar-refractivity contribution in [3.63, 3.8) is 0 Å². The summed E-state index contributed by atoms with van der Waals surface area (Å²) < 4.78 is 0. The molecule has 1 atom stereocenters. The van der Waals surface area contributed by atoms with Crippen molar-refractivity contribution in [1.29, 1.82) is 0 Å². The van der Waals surface area contributed by atoms with Gasteiger partial charge in [0.2, 0.25) is 5.91 Å². The normalized spacial score (nSPS) is 16.5. The van der Waals surface area contributed by atoms with Crippen LogP contribution in [0.5, 0.6) is 0 Å². The molecule has 0 bridgehead atoms. The van der Waals surface area contributed by atoms with Gasteiger partial charge in [0.05, 0.1) is 5.69 Å². The number of hydrogen-bond donors (Lipinski definition) is 2. The number of fused-ring (bicyclic) bond motifs is 1. The topological polar surface area (TPSA) is 57.8 Å². The lowest BCUT2D eigenvalue weighted by Crippen LogP contribution is -2.23. The lowest BCUT2D eigenvalue weighted by molar-refractivity contribution is -0.116. The molecule has 24 heavy (non-hydrogen) atoms. The van der Waals surface area contributed by atoms with E-state index in [1.165, 1.54) is 4.90 Å². The molecule has 0 fully saturated rings. The Morgan fingerprint density at radius 1 is 1.08 bits per heavy atom. The van der Waals surface area contributed by atoms with Gasteiger partial charge in [-0.05, 0) is 29.5 Å². The summed E-state index contributed by atoms with van der Waals surface area (Å²) in [6, 6.07) is 18.5. The second kappa shape index (κ2) is 6.17. The van der Waals surface area contributed by atoms with Crippen LogP contribution in [0.2, 0.25) is 0 Å². The van der Waals surface area contributed by atoms with Crippen LogP contribution in [0.4, 0.5) is 5.82 Å². The van der Waals surface area contributed by atoms with Crippen LogP contribution < -0.4 is 5.32 Å². The third-order valence-corrected chi connectivity index (χ3v) is 5.12. The van der Waals surface area contributed by atoms with Gasteiger partial charge in [-0.3, -0.25) is 9.89 Å². The standard InChI is InChI=1S/C19H17N3OS/c1-24-14-9-7-12(8-10-14)15-11-16(23)20-19-17(15)18(21-22-19)13-5-3-2-4-6-13/h2-10,15H,11H2,1H3,(H2,20,21,22,23). The summed E-state index contributed by atoms with van der Waals surface area (Å²) in [5.74, 6) is 0.662. The van der Waals surface area contributed by atoms with Gasteiger partial charge in [-0.2, -0.15) is 5.10 Å². The average molecular weight is 335 g/mol. The summed E-state index contributed by atoms with van der Waals surface area (Å²) in [5.41, 5.74) is 4.26. The summed E-state index contributed by atoms with van der Waals surface area (Å²) in [5, 5.41) is 10.3. The van der Waals surface area contributed by atoms with Gasteiger partial charge in [0, 0.05) is 22.8 Å². The van der Waals surface area contributed by atoms with E-state index >= 15 is 0 Å². The summed E-state index contributed by atoms with van der Waals surface area (Å²) >= 11 is 1.71. The Labute approximate surface area is 144 Å². The molecule has 0 aliphatic carbocycles. The van der Waals surface area contributed by atoms with E-state index in [0.717, 1.165) is 22.4 Å². The maximum atomic E-state index is 12.1. The molecule has 2 aromatic carbocycles. The molecule has 4 nitrogen and oxygen atoms in total. The minimum atomic E-state index is 0.00700. The smallest absolute Gasteiger partial charge is 0.226 e. The van der Waals surface area contributed by atoms with Crippen LogP contribution >= 0.6 is 11.8 Å². The van der Waals surface area contributed by atoms with E-state index in [4.69, 9.17) is 0 Å². The van der Waals surface area contributed by atoms with Crippen molar-refractivity contribution in [1.82, 2.24) is 10.2 Å². The number of benzene rings is 2. The number of H-pyrrole nitrogens is 1. The van der Waals surface area contributed by atoms with Crippen LogP contribution in [0.15, 0.2) is 59.5 Å². The Balaban J connectivity index is 1.83. The average Bonchev–Trinajstić information content (AvgIpc) is 3.05. The van der Waals surface area contributed by atoms with E-state index in [-0.39, 0.29) is 11.8 Å². The molecule has 1 unspecified atom stereocenters. The van der Waals surface area contributed by atoms with Crippen molar-refractivity contribution in [2.24, 2.45) is 0 Å². The highest BCUT2D eigenvalue weighted by molar-refractivity contribution is 7.98. The van der Waals surface area contributed by atoms with Gasteiger partial charge in [0.1, 0.15) is 0 Å². The zero-order chi connectivity index (χ0) is 16.5. The highest BCUT2D eigenvalue weighted by atomic mass is 32.2. The monoisotopic (exact) mass is 335 g/mol. The third-order valence-electron chi connectivity index (χ3n) is 4.38. The molecule has 1 amide bonds. The van der Waals surface area contributed by atoms with E-state index in [0.29, 0.717) is 12.2 Å². The fourth-order valence-electron chi connectivity index (χ4n) is 3.20. The molecule has 120 valence electrons.